The van der Waals surface area contributed by atoms with Gasteiger partial charge in [-0.2, -0.15) is 0 Å². The van der Waals surface area contributed by atoms with Crippen molar-refractivity contribution in [3.05, 3.63) is 34.3 Å². The fraction of sp³-hybridized carbons (Fsp3) is 0.438. The number of nitrogens with one attached hydrogen (secondary N) is 1. The first-order chi connectivity index (χ1) is 10.8. The molecule has 0 radical (unpaired) electrons. The maximum absolute atomic E-state index is 12.4. The van der Waals surface area contributed by atoms with E-state index in [9.17, 15) is 4.79 Å². The van der Waals surface area contributed by atoms with Crippen molar-refractivity contribution in [2.75, 3.05) is 11.4 Å². The second kappa shape index (κ2) is 5.68. The second-order valence-corrected chi connectivity index (χ2v) is 6.96. The van der Waals surface area contributed by atoms with Gasteiger partial charge in [-0.3, -0.25) is 4.79 Å². The highest BCUT2D eigenvalue weighted by Crippen LogP contribution is 2.38. The Hall–Kier alpha value is -1.95. The van der Waals surface area contributed by atoms with E-state index in [1.54, 1.807) is 23.7 Å². The summed E-state index contributed by atoms with van der Waals surface area (Å²) in [6.07, 6.45) is 9.13. The smallest absolute Gasteiger partial charge is 0.261 e. The van der Waals surface area contributed by atoms with Crippen molar-refractivity contribution >= 4 is 28.9 Å². The maximum Gasteiger partial charge on any atom is 0.261 e. The first-order valence-corrected chi connectivity index (χ1v) is 8.61. The molecule has 0 spiro atoms. The van der Waals surface area contributed by atoms with Crippen LogP contribution < -0.4 is 10.2 Å². The minimum atomic E-state index is 0.0697. The first-order valence-electron chi connectivity index (χ1n) is 7.79. The summed E-state index contributed by atoms with van der Waals surface area (Å²) < 4.78 is 0. The molecular formula is C16H18N4OS. The Labute approximate surface area is 133 Å². The average Bonchev–Trinajstić information content (AvgIpc) is 3.24. The Bertz CT molecular complexity index is 679. The number of anilines is 2. The number of aromatic nitrogens is 2. The highest BCUT2D eigenvalue weighted by atomic mass is 32.1. The van der Waals surface area contributed by atoms with Crippen molar-refractivity contribution < 1.29 is 4.79 Å². The number of carbonyl (C=O) groups excluding carboxylic acids is 1. The largest absolute Gasteiger partial charge is 0.349 e. The molecule has 0 unspecified atom stereocenters. The normalized spacial score (nSPS) is 17.7. The minimum Gasteiger partial charge on any atom is -0.349 e. The lowest BCUT2D eigenvalue weighted by Crippen LogP contribution is -2.32. The Balaban J connectivity index is 1.54. The molecule has 0 aromatic carbocycles. The van der Waals surface area contributed by atoms with Crippen LogP contribution in [0.25, 0.3) is 0 Å². The molecule has 1 N–H and O–H groups in total. The zero-order valence-corrected chi connectivity index (χ0v) is 13.1. The molecule has 1 saturated carbocycles. The van der Waals surface area contributed by atoms with Crippen LogP contribution in [0.3, 0.4) is 0 Å². The summed E-state index contributed by atoms with van der Waals surface area (Å²) in [5.41, 5.74) is 1.09. The third kappa shape index (κ3) is 2.47. The van der Waals surface area contributed by atoms with Gasteiger partial charge in [0.25, 0.3) is 5.91 Å². The molecule has 114 valence electrons. The summed E-state index contributed by atoms with van der Waals surface area (Å²) in [6, 6.07) is 4.17. The van der Waals surface area contributed by atoms with Crippen molar-refractivity contribution in [2.45, 2.75) is 38.1 Å². The lowest BCUT2D eigenvalue weighted by molar-refractivity contribution is 0.0942. The molecule has 4 rings (SSSR count). The molecule has 2 aromatic rings. The molecular weight excluding hydrogens is 296 g/mol. The van der Waals surface area contributed by atoms with E-state index in [0.717, 1.165) is 36.4 Å². The monoisotopic (exact) mass is 314 g/mol. The third-order valence-electron chi connectivity index (χ3n) is 4.35. The van der Waals surface area contributed by atoms with Gasteiger partial charge in [-0.05, 0) is 25.0 Å². The van der Waals surface area contributed by atoms with Gasteiger partial charge >= 0.3 is 0 Å². The highest BCUT2D eigenvalue weighted by Gasteiger charge is 2.27. The molecule has 0 atom stereocenters. The van der Waals surface area contributed by atoms with Gasteiger partial charge in [0, 0.05) is 36.3 Å². The lowest BCUT2D eigenvalue weighted by Gasteiger charge is -2.15. The molecule has 6 heteroatoms. The van der Waals surface area contributed by atoms with Gasteiger partial charge in [-0.25, -0.2) is 9.97 Å². The van der Waals surface area contributed by atoms with E-state index < -0.39 is 0 Å². The van der Waals surface area contributed by atoms with Crippen molar-refractivity contribution in [1.29, 1.82) is 0 Å². The highest BCUT2D eigenvalue weighted by molar-refractivity contribution is 7.14. The molecule has 5 nitrogen and oxygen atoms in total. The molecule has 1 amide bonds. The van der Waals surface area contributed by atoms with Crippen LogP contribution in [0.2, 0.25) is 0 Å². The van der Waals surface area contributed by atoms with Crippen LogP contribution in [0.4, 0.5) is 11.6 Å². The van der Waals surface area contributed by atoms with Crippen LogP contribution in [0.1, 0.15) is 40.2 Å². The molecule has 3 heterocycles. The number of hydrogen-bond donors (Lipinski definition) is 1. The number of carbonyl (C=O) groups is 1. The zero-order chi connectivity index (χ0) is 14.9. The van der Waals surface area contributed by atoms with E-state index in [-0.39, 0.29) is 5.91 Å². The Morgan fingerprint density at radius 2 is 2.05 bits per heavy atom. The number of amides is 1. The molecule has 0 bridgehead atoms. The molecule has 22 heavy (non-hydrogen) atoms. The van der Waals surface area contributed by atoms with Crippen LogP contribution in [-0.2, 0) is 6.42 Å². The second-order valence-electron chi connectivity index (χ2n) is 5.82. The van der Waals surface area contributed by atoms with Gasteiger partial charge in [0.2, 0.25) is 5.95 Å². The van der Waals surface area contributed by atoms with Crippen LogP contribution >= 0.6 is 11.3 Å². The van der Waals surface area contributed by atoms with E-state index in [4.69, 9.17) is 0 Å². The number of fused-ring (bicyclic) bond motifs is 1. The summed E-state index contributed by atoms with van der Waals surface area (Å²) in [7, 11) is 0. The van der Waals surface area contributed by atoms with E-state index in [1.807, 2.05) is 12.1 Å². The first kappa shape index (κ1) is 13.7. The minimum absolute atomic E-state index is 0.0697. The third-order valence-corrected chi connectivity index (χ3v) is 5.53. The quantitative estimate of drug-likeness (QED) is 0.946. The molecule has 2 aliphatic rings. The lowest BCUT2D eigenvalue weighted by atomic mass is 10.2. The standard InChI is InChI=1S/C16H18N4OS/c21-15(19-11-4-1-2-5-11)14-10-12-13(22-14)6-9-20(12)16-17-7-3-8-18-16/h3,7-8,10-11H,1-2,4-6,9H2,(H,19,21). The number of thiophene rings is 1. The fourth-order valence-corrected chi connectivity index (χ4v) is 4.29. The number of nitrogens with zero attached hydrogens (tertiary/aromatic N) is 3. The number of hydrogen-bond acceptors (Lipinski definition) is 5. The Kier molecular flexibility index (Phi) is 3.54. The van der Waals surface area contributed by atoms with E-state index in [0.29, 0.717) is 12.0 Å². The van der Waals surface area contributed by atoms with Crippen molar-refractivity contribution in [3.8, 4) is 0 Å². The Morgan fingerprint density at radius 3 is 2.82 bits per heavy atom. The summed E-state index contributed by atoms with van der Waals surface area (Å²) in [5, 5.41) is 3.16. The van der Waals surface area contributed by atoms with Gasteiger partial charge in [0.15, 0.2) is 0 Å². The molecule has 1 aliphatic heterocycles. The predicted octanol–water partition coefficient (Wildman–Crippen LogP) is 2.90. The van der Waals surface area contributed by atoms with Gasteiger partial charge in [0.1, 0.15) is 0 Å². The summed E-state index contributed by atoms with van der Waals surface area (Å²) in [4.78, 5) is 25.2. The topological polar surface area (TPSA) is 58.1 Å². The van der Waals surface area contributed by atoms with Gasteiger partial charge < -0.3 is 10.2 Å². The predicted molar refractivity (Wildman–Crippen MR) is 86.8 cm³/mol. The zero-order valence-electron chi connectivity index (χ0n) is 12.3. The molecule has 1 fully saturated rings. The SMILES string of the molecule is O=C(NC1CCCC1)c1cc2c(s1)CCN2c1ncccn1. The van der Waals surface area contributed by atoms with Crippen LogP contribution in [0, 0.1) is 0 Å². The summed E-state index contributed by atoms with van der Waals surface area (Å²) >= 11 is 1.60. The van der Waals surface area contributed by atoms with Gasteiger partial charge in [-0.15, -0.1) is 11.3 Å². The van der Waals surface area contributed by atoms with Crippen LogP contribution in [-0.4, -0.2) is 28.5 Å². The van der Waals surface area contributed by atoms with Crippen LogP contribution in [0.15, 0.2) is 24.5 Å². The summed E-state index contributed by atoms with van der Waals surface area (Å²) in [6.45, 7) is 0.885. The van der Waals surface area contributed by atoms with Gasteiger partial charge in [-0.1, -0.05) is 12.8 Å². The fourth-order valence-electron chi connectivity index (χ4n) is 3.24. The van der Waals surface area contributed by atoms with E-state index >= 15 is 0 Å². The van der Waals surface area contributed by atoms with E-state index in [2.05, 4.69) is 20.2 Å². The molecule has 0 saturated heterocycles. The molecule has 2 aromatic heterocycles. The summed E-state index contributed by atoms with van der Waals surface area (Å²) in [5.74, 6) is 0.780. The van der Waals surface area contributed by atoms with Crippen LogP contribution in [0.5, 0.6) is 0 Å². The van der Waals surface area contributed by atoms with E-state index in [1.165, 1.54) is 17.7 Å². The Morgan fingerprint density at radius 1 is 1.27 bits per heavy atom. The molecule has 1 aliphatic carbocycles. The number of rotatable bonds is 3. The maximum atomic E-state index is 12.4. The average molecular weight is 314 g/mol. The van der Waals surface area contributed by atoms with Crippen molar-refractivity contribution in [1.82, 2.24) is 15.3 Å². The van der Waals surface area contributed by atoms with Crippen molar-refractivity contribution in [2.24, 2.45) is 0 Å². The van der Waals surface area contributed by atoms with Crippen molar-refractivity contribution in [3.63, 3.8) is 0 Å². The van der Waals surface area contributed by atoms with Gasteiger partial charge in [0.05, 0.1) is 10.6 Å².